The molecule has 0 saturated carbocycles. The van der Waals surface area contributed by atoms with Crippen LogP contribution >= 0.6 is 0 Å². The molecule has 0 aliphatic carbocycles. The predicted molar refractivity (Wildman–Crippen MR) is 84.1 cm³/mol. The van der Waals surface area contributed by atoms with Gasteiger partial charge in [-0.1, -0.05) is 12.2 Å². The van der Waals surface area contributed by atoms with Gasteiger partial charge >= 0.3 is 0 Å². The number of hydrogen-bond donors (Lipinski definition) is 2. The van der Waals surface area contributed by atoms with Crippen molar-refractivity contribution in [1.82, 2.24) is 4.72 Å². The molecule has 0 fully saturated rings. The van der Waals surface area contributed by atoms with Gasteiger partial charge in [0.15, 0.2) is 0 Å². The van der Waals surface area contributed by atoms with Crippen molar-refractivity contribution in [3.8, 4) is 0 Å². The third-order valence-electron chi connectivity index (χ3n) is 3.21. The van der Waals surface area contributed by atoms with Crippen LogP contribution in [0.15, 0.2) is 35.2 Å². The lowest BCUT2D eigenvalue weighted by atomic mass is 10.0. The standard InChI is InChI=1S/C15H22N2O3S/c1-12(2)11-20-9-8-17-21(18,19)14-5-6-15-13(10-14)4-3-7-16-15/h5-6,10,16-17H,1,3-4,7-9,11H2,2H3. The minimum absolute atomic E-state index is 0.255. The number of hydrogen-bond acceptors (Lipinski definition) is 4. The van der Waals surface area contributed by atoms with Crippen LogP contribution in [-0.4, -0.2) is 34.7 Å². The average Bonchev–Trinajstić information content (AvgIpc) is 2.46. The predicted octanol–water partition coefficient (Wildman–Crippen LogP) is 1.92. The van der Waals surface area contributed by atoms with E-state index >= 15 is 0 Å². The van der Waals surface area contributed by atoms with Crippen LogP contribution in [0.1, 0.15) is 18.9 Å². The minimum Gasteiger partial charge on any atom is -0.385 e. The molecule has 0 unspecified atom stereocenters. The minimum atomic E-state index is -3.47. The molecule has 0 aromatic heterocycles. The Morgan fingerprint density at radius 2 is 2.29 bits per heavy atom. The third-order valence-corrected chi connectivity index (χ3v) is 4.67. The molecule has 1 aromatic rings. The normalized spacial score (nSPS) is 14.3. The van der Waals surface area contributed by atoms with Crippen LogP contribution in [0, 0.1) is 0 Å². The van der Waals surface area contributed by atoms with E-state index in [0.717, 1.165) is 36.2 Å². The van der Waals surface area contributed by atoms with Gasteiger partial charge in [-0.2, -0.15) is 0 Å². The first-order valence-corrected chi connectivity index (χ1v) is 8.56. The molecule has 1 aliphatic rings. The lowest BCUT2D eigenvalue weighted by Gasteiger charge is -2.18. The number of rotatable bonds is 7. The van der Waals surface area contributed by atoms with Gasteiger partial charge in [0.1, 0.15) is 0 Å². The van der Waals surface area contributed by atoms with Crippen molar-refractivity contribution < 1.29 is 13.2 Å². The first kappa shape index (κ1) is 16.0. The summed E-state index contributed by atoms with van der Waals surface area (Å²) in [6, 6.07) is 5.22. The van der Waals surface area contributed by atoms with E-state index in [2.05, 4.69) is 16.6 Å². The van der Waals surface area contributed by atoms with Crippen LogP contribution in [0.3, 0.4) is 0 Å². The van der Waals surface area contributed by atoms with Crippen molar-refractivity contribution in [3.63, 3.8) is 0 Å². The Balaban J connectivity index is 1.94. The number of nitrogens with one attached hydrogen (secondary N) is 2. The molecule has 0 saturated heterocycles. The van der Waals surface area contributed by atoms with Crippen LogP contribution in [-0.2, 0) is 21.2 Å². The maximum Gasteiger partial charge on any atom is 0.240 e. The van der Waals surface area contributed by atoms with Crippen LogP contribution in [0.5, 0.6) is 0 Å². The monoisotopic (exact) mass is 310 g/mol. The Bertz CT molecular complexity index is 611. The van der Waals surface area contributed by atoms with Crippen LogP contribution < -0.4 is 10.0 Å². The number of benzene rings is 1. The maximum absolute atomic E-state index is 12.2. The molecule has 1 aliphatic heterocycles. The molecule has 0 amide bonds. The molecule has 0 spiro atoms. The van der Waals surface area contributed by atoms with E-state index in [0.29, 0.717) is 18.1 Å². The number of sulfonamides is 1. The van der Waals surface area contributed by atoms with Crippen molar-refractivity contribution >= 4 is 15.7 Å². The zero-order valence-electron chi connectivity index (χ0n) is 12.3. The highest BCUT2D eigenvalue weighted by Crippen LogP contribution is 2.24. The summed E-state index contributed by atoms with van der Waals surface area (Å²) < 4.78 is 32.3. The third kappa shape index (κ3) is 4.56. The van der Waals surface area contributed by atoms with E-state index in [1.165, 1.54) is 0 Å². The van der Waals surface area contributed by atoms with Crippen molar-refractivity contribution in [1.29, 1.82) is 0 Å². The van der Waals surface area contributed by atoms with Crippen molar-refractivity contribution in [2.45, 2.75) is 24.7 Å². The molecule has 1 aromatic carbocycles. The number of aryl methyl sites for hydroxylation is 1. The van der Waals surface area contributed by atoms with Gasteiger partial charge in [0, 0.05) is 18.8 Å². The molecule has 0 atom stereocenters. The summed E-state index contributed by atoms with van der Waals surface area (Å²) in [6.45, 7) is 7.57. The molecular formula is C15H22N2O3S. The highest BCUT2D eigenvalue weighted by Gasteiger charge is 2.17. The van der Waals surface area contributed by atoms with Gasteiger partial charge in [-0.15, -0.1) is 0 Å². The molecule has 1 heterocycles. The molecule has 0 bridgehead atoms. The molecule has 0 radical (unpaired) electrons. The molecule has 2 rings (SSSR count). The van der Waals surface area contributed by atoms with Crippen molar-refractivity contribution in [2.75, 3.05) is 31.6 Å². The van der Waals surface area contributed by atoms with Crippen LogP contribution in [0.2, 0.25) is 0 Å². The first-order chi connectivity index (χ1) is 9.99. The van der Waals surface area contributed by atoms with E-state index in [-0.39, 0.29) is 6.54 Å². The number of anilines is 1. The van der Waals surface area contributed by atoms with Gasteiger partial charge in [-0.05, 0) is 43.5 Å². The van der Waals surface area contributed by atoms with Gasteiger partial charge < -0.3 is 10.1 Å². The maximum atomic E-state index is 12.2. The SMILES string of the molecule is C=C(C)COCCNS(=O)(=O)c1ccc2c(c1)CCCN2. The van der Waals surface area contributed by atoms with E-state index in [1.54, 1.807) is 12.1 Å². The Kier molecular flexibility index (Phi) is 5.39. The summed E-state index contributed by atoms with van der Waals surface area (Å²) in [5.74, 6) is 0. The summed E-state index contributed by atoms with van der Waals surface area (Å²) in [7, 11) is -3.47. The van der Waals surface area contributed by atoms with Gasteiger partial charge in [0.25, 0.3) is 0 Å². The zero-order chi connectivity index (χ0) is 15.3. The summed E-state index contributed by atoms with van der Waals surface area (Å²) in [5, 5.41) is 3.27. The first-order valence-electron chi connectivity index (χ1n) is 7.07. The van der Waals surface area contributed by atoms with Crippen LogP contribution in [0.25, 0.3) is 0 Å². The Hall–Kier alpha value is -1.37. The lowest BCUT2D eigenvalue weighted by molar-refractivity contribution is 0.162. The highest BCUT2D eigenvalue weighted by atomic mass is 32.2. The number of ether oxygens (including phenoxy) is 1. The van der Waals surface area contributed by atoms with Crippen molar-refractivity contribution in [2.24, 2.45) is 0 Å². The largest absolute Gasteiger partial charge is 0.385 e. The fraction of sp³-hybridized carbons (Fsp3) is 0.467. The topological polar surface area (TPSA) is 67.4 Å². The molecule has 2 N–H and O–H groups in total. The smallest absolute Gasteiger partial charge is 0.240 e. The molecule has 5 nitrogen and oxygen atoms in total. The molecule has 116 valence electrons. The second-order valence-electron chi connectivity index (χ2n) is 5.26. The van der Waals surface area contributed by atoms with Crippen LogP contribution in [0.4, 0.5) is 5.69 Å². The van der Waals surface area contributed by atoms with Gasteiger partial charge in [0.2, 0.25) is 10.0 Å². The second-order valence-corrected chi connectivity index (χ2v) is 7.02. The Labute approximate surface area is 126 Å². The molecular weight excluding hydrogens is 288 g/mol. The summed E-state index contributed by atoms with van der Waals surface area (Å²) in [4.78, 5) is 0.310. The molecule has 6 heteroatoms. The Morgan fingerprint density at radius 3 is 3.05 bits per heavy atom. The van der Waals surface area contributed by atoms with E-state index in [9.17, 15) is 8.42 Å². The molecule has 21 heavy (non-hydrogen) atoms. The van der Waals surface area contributed by atoms with Crippen molar-refractivity contribution in [3.05, 3.63) is 35.9 Å². The van der Waals surface area contributed by atoms with Gasteiger partial charge in [-0.3, -0.25) is 0 Å². The fourth-order valence-electron chi connectivity index (χ4n) is 2.20. The number of fused-ring (bicyclic) bond motifs is 1. The Morgan fingerprint density at radius 1 is 1.48 bits per heavy atom. The van der Waals surface area contributed by atoms with E-state index in [1.807, 2.05) is 13.0 Å². The lowest BCUT2D eigenvalue weighted by Crippen LogP contribution is -2.28. The highest BCUT2D eigenvalue weighted by molar-refractivity contribution is 7.89. The average molecular weight is 310 g/mol. The zero-order valence-corrected chi connectivity index (χ0v) is 13.1. The summed E-state index contributed by atoms with van der Waals surface area (Å²) in [6.07, 6.45) is 1.94. The van der Waals surface area contributed by atoms with Gasteiger partial charge in [0.05, 0.1) is 18.1 Å². The summed E-state index contributed by atoms with van der Waals surface area (Å²) in [5.41, 5.74) is 3.01. The van der Waals surface area contributed by atoms with E-state index < -0.39 is 10.0 Å². The quantitative estimate of drug-likeness (QED) is 0.596. The fourth-order valence-corrected chi connectivity index (χ4v) is 3.26. The van der Waals surface area contributed by atoms with E-state index in [4.69, 9.17) is 4.74 Å². The summed E-state index contributed by atoms with van der Waals surface area (Å²) >= 11 is 0. The van der Waals surface area contributed by atoms with Gasteiger partial charge in [-0.25, -0.2) is 13.1 Å². The second kappa shape index (κ2) is 7.06.